The Hall–Kier alpha value is -5.44. The number of nitrogens with zero attached hydrogens (tertiary/aromatic N) is 3. The molecule has 9 heteroatoms. The molecule has 5 aromatic rings. The van der Waals surface area contributed by atoms with Gasteiger partial charge in [0, 0.05) is 29.6 Å². The standard InChI is InChI=1S/C33H29FN4O4/c1-41-28-16-8-24(9-17-28)30-21-38(27-14-12-26(34)13-15-27)33(35-30)36-31(39)22-37(20-23-6-4-3-5-7-23)32(40)25-10-18-29(42-2)19-11-25/h3-19,21H,20,22H2,1-2H3,(H,35,36,39). The van der Waals surface area contributed by atoms with E-state index in [0.29, 0.717) is 28.4 Å². The highest BCUT2D eigenvalue weighted by Crippen LogP contribution is 2.26. The maximum absolute atomic E-state index is 13.7. The first-order chi connectivity index (χ1) is 20.4. The van der Waals surface area contributed by atoms with Gasteiger partial charge in [-0.1, -0.05) is 30.3 Å². The van der Waals surface area contributed by atoms with Crippen molar-refractivity contribution in [2.45, 2.75) is 6.54 Å². The van der Waals surface area contributed by atoms with E-state index in [-0.39, 0.29) is 30.8 Å². The fourth-order valence-corrected chi connectivity index (χ4v) is 4.42. The maximum atomic E-state index is 13.7. The van der Waals surface area contributed by atoms with Crippen molar-refractivity contribution in [3.63, 3.8) is 0 Å². The number of imidazole rings is 1. The number of benzene rings is 4. The van der Waals surface area contributed by atoms with Crippen LogP contribution in [0.25, 0.3) is 16.9 Å². The van der Waals surface area contributed by atoms with Crippen LogP contribution in [0.15, 0.2) is 109 Å². The van der Waals surface area contributed by atoms with Crippen LogP contribution in [0.3, 0.4) is 0 Å². The van der Waals surface area contributed by atoms with E-state index in [1.54, 1.807) is 61.4 Å². The first-order valence-electron chi connectivity index (χ1n) is 13.2. The molecule has 0 fully saturated rings. The Balaban J connectivity index is 1.43. The van der Waals surface area contributed by atoms with Gasteiger partial charge < -0.3 is 14.4 Å². The molecular weight excluding hydrogens is 535 g/mol. The number of hydrogen-bond donors (Lipinski definition) is 1. The first kappa shape index (κ1) is 28.1. The lowest BCUT2D eigenvalue weighted by molar-refractivity contribution is -0.117. The monoisotopic (exact) mass is 564 g/mol. The minimum atomic E-state index is -0.442. The number of rotatable bonds is 10. The maximum Gasteiger partial charge on any atom is 0.254 e. The number of nitrogens with one attached hydrogen (secondary N) is 1. The van der Waals surface area contributed by atoms with Crippen molar-refractivity contribution in [2.24, 2.45) is 0 Å². The molecule has 2 amide bonds. The molecule has 1 heterocycles. The normalized spacial score (nSPS) is 10.6. The summed E-state index contributed by atoms with van der Waals surface area (Å²) in [5.41, 5.74) is 3.30. The van der Waals surface area contributed by atoms with Crippen LogP contribution in [-0.4, -0.2) is 47.0 Å². The van der Waals surface area contributed by atoms with Gasteiger partial charge in [-0.05, 0) is 78.4 Å². The highest BCUT2D eigenvalue weighted by atomic mass is 19.1. The van der Waals surface area contributed by atoms with Gasteiger partial charge in [0.2, 0.25) is 11.9 Å². The van der Waals surface area contributed by atoms with Gasteiger partial charge in [0.05, 0.1) is 19.9 Å². The third kappa shape index (κ3) is 6.64. The Morgan fingerprint density at radius 3 is 2.07 bits per heavy atom. The van der Waals surface area contributed by atoms with Crippen LogP contribution in [-0.2, 0) is 11.3 Å². The molecule has 0 aliphatic rings. The number of methoxy groups -OCH3 is 2. The van der Waals surface area contributed by atoms with Crippen molar-refractivity contribution in [1.29, 1.82) is 0 Å². The van der Waals surface area contributed by atoms with E-state index in [1.165, 1.54) is 17.0 Å². The molecule has 0 bridgehead atoms. The molecule has 1 aromatic heterocycles. The molecule has 0 saturated carbocycles. The number of anilines is 1. The highest BCUT2D eigenvalue weighted by molar-refractivity contribution is 5.99. The molecule has 212 valence electrons. The number of halogens is 1. The molecule has 42 heavy (non-hydrogen) atoms. The molecule has 5 rings (SSSR count). The molecule has 1 N–H and O–H groups in total. The summed E-state index contributed by atoms with van der Waals surface area (Å²) < 4.78 is 25.8. The van der Waals surface area contributed by atoms with Crippen LogP contribution >= 0.6 is 0 Å². The van der Waals surface area contributed by atoms with Crippen molar-refractivity contribution in [3.05, 3.63) is 126 Å². The molecule has 8 nitrogen and oxygen atoms in total. The average Bonchev–Trinajstić information content (AvgIpc) is 3.44. The lowest BCUT2D eigenvalue weighted by atomic mass is 10.1. The van der Waals surface area contributed by atoms with E-state index in [2.05, 4.69) is 10.3 Å². The second kappa shape index (κ2) is 12.8. The second-order valence-electron chi connectivity index (χ2n) is 9.45. The van der Waals surface area contributed by atoms with Crippen LogP contribution < -0.4 is 14.8 Å². The highest BCUT2D eigenvalue weighted by Gasteiger charge is 2.22. The van der Waals surface area contributed by atoms with Crippen LogP contribution in [0.4, 0.5) is 10.3 Å². The Morgan fingerprint density at radius 2 is 1.45 bits per heavy atom. The van der Waals surface area contributed by atoms with Crippen LogP contribution in [0.5, 0.6) is 11.5 Å². The number of carbonyl (C=O) groups excluding carboxylic acids is 2. The molecular formula is C33H29FN4O4. The van der Waals surface area contributed by atoms with Crippen molar-refractivity contribution < 1.29 is 23.5 Å². The number of aromatic nitrogens is 2. The SMILES string of the molecule is COc1ccc(C(=O)N(CC(=O)Nc2nc(-c3ccc(OC)cc3)cn2-c2ccc(F)cc2)Cc2ccccc2)cc1. The van der Waals surface area contributed by atoms with Gasteiger partial charge in [-0.2, -0.15) is 0 Å². The van der Waals surface area contributed by atoms with Crippen molar-refractivity contribution in [3.8, 4) is 28.4 Å². The largest absolute Gasteiger partial charge is 0.497 e. The van der Waals surface area contributed by atoms with Gasteiger partial charge in [-0.3, -0.25) is 19.5 Å². The fourth-order valence-electron chi connectivity index (χ4n) is 4.42. The zero-order chi connectivity index (χ0) is 29.5. The van der Waals surface area contributed by atoms with Crippen molar-refractivity contribution in [1.82, 2.24) is 14.5 Å². The van der Waals surface area contributed by atoms with Gasteiger partial charge >= 0.3 is 0 Å². The molecule has 4 aromatic carbocycles. The lowest BCUT2D eigenvalue weighted by Gasteiger charge is -2.22. The molecule has 0 saturated heterocycles. The third-order valence-electron chi connectivity index (χ3n) is 6.62. The molecule has 0 atom stereocenters. The van der Waals surface area contributed by atoms with E-state index in [0.717, 1.165) is 11.1 Å². The second-order valence-corrected chi connectivity index (χ2v) is 9.45. The van der Waals surface area contributed by atoms with E-state index < -0.39 is 5.91 Å². The number of ether oxygens (including phenoxy) is 2. The third-order valence-corrected chi connectivity index (χ3v) is 6.62. The number of carbonyl (C=O) groups is 2. The van der Waals surface area contributed by atoms with Gasteiger partial charge in [0.15, 0.2) is 0 Å². The Labute approximate surface area is 243 Å². The summed E-state index contributed by atoms with van der Waals surface area (Å²) in [4.78, 5) is 33.1. The summed E-state index contributed by atoms with van der Waals surface area (Å²) in [6.07, 6.45) is 1.76. The summed E-state index contributed by atoms with van der Waals surface area (Å²) in [5, 5.41) is 2.86. The lowest BCUT2D eigenvalue weighted by Crippen LogP contribution is -2.38. The zero-order valence-electron chi connectivity index (χ0n) is 23.2. The van der Waals surface area contributed by atoms with E-state index in [9.17, 15) is 14.0 Å². The summed E-state index contributed by atoms with van der Waals surface area (Å²) in [6.45, 7) is -0.00345. The van der Waals surface area contributed by atoms with Crippen LogP contribution in [0, 0.1) is 5.82 Å². The minimum Gasteiger partial charge on any atom is -0.497 e. The fraction of sp³-hybridized carbons (Fsp3) is 0.121. The minimum absolute atomic E-state index is 0.225. The predicted molar refractivity (Wildman–Crippen MR) is 158 cm³/mol. The van der Waals surface area contributed by atoms with Crippen LogP contribution in [0.2, 0.25) is 0 Å². The Bertz CT molecular complexity index is 1650. The quantitative estimate of drug-likeness (QED) is 0.226. The van der Waals surface area contributed by atoms with E-state index in [4.69, 9.17) is 9.47 Å². The summed E-state index contributed by atoms with van der Waals surface area (Å²) in [6, 6.07) is 29.4. The first-order valence-corrected chi connectivity index (χ1v) is 13.2. The Kier molecular flexibility index (Phi) is 8.58. The molecule has 0 unspecified atom stereocenters. The average molecular weight is 565 g/mol. The summed E-state index contributed by atoms with van der Waals surface area (Å²) >= 11 is 0. The summed E-state index contributed by atoms with van der Waals surface area (Å²) in [7, 11) is 3.14. The molecule has 0 radical (unpaired) electrons. The van der Waals surface area contributed by atoms with Gasteiger partial charge in [0.25, 0.3) is 5.91 Å². The van der Waals surface area contributed by atoms with Gasteiger partial charge in [-0.15, -0.1) is 0 Å². The zero-order valence-corrected chi connectivity index (χ0v) is 23.2. The van der Waals surface area contributed by atoms with Gasteiger partial charge in [-0.25, -0.2) is 9.37 Å². The molecule has 0 aliphatic carbocycles. The molecule has 0 aliphatic heterocycles. The van der Waals surface area contributed by atoms with Crippen molar-refractivity contribution >= 4 is 17.8 Å². The Morgan fingerprint density at radius 1 is 0.833 bits per heavy atom. The predicted octanol–water partition coefficient (Wildman–Crippen LogP) is 5.98. The molecule has 0 spiro atoms. The van der Waals surface area contributed by atoms with E-state index in [1.807, 2.05) is 54.6 Å². The van der Waals surface area contributed by atoms with E-state index >= 15 is 0 Å². The topological polar surface area (TPSA) is 85.7 Å². The summed E-state index contributed by atoms with van der Waals surface area (Å²) in [5.74, 6) is 0.423. The number of amides is 2. The van der Waals surface area contributed by atoms with Crippen LogP contribution in [0.1, 0.15) is 15.9 Å². The number of hydrogen-bond acceptors (Lipinski definition) is 5. The van der Waals surface area contributed by atoms with Crippen molar-refractivity contribution in [2.75, 3.05) is 26.1 Å². The van der Waals surface area contributed by atoms with Gasteiger partial charge in [0.1, 0.15) is 23.9 Å². The smallest absolute Gasteiger partial charge is 0.254 e.